The number of nitrogens with zero attached hydrogens (tertiary/aromatic N) is 2. The van der Waals surface area contributed by atoms with Crippen LogP contribution in [0.25, 0.3) is 0 Å². The molecule has 2 aromatic rings. The van der Waals surface area contributed by atoms with E-state index in [1.54, 1.807) is 4.90 Å². The molecule has 2 aromatic carbocycles. The molecule has 178 valence electrons. The van der Waals surface area contributed by atoms with Gasteiger partial charge in [-0.3, -0.25) is 14.5 Å². The van der Waals surface area contributed by atoms with Crippen molar-refractivity contribution >= 4 is 29.1 Å². The van der Waals surface area contributed by atoms with Gasteiger partial charge in [0.1, 0.15) is 11.6 Å². The van der Waals surface area contributed by atoms with Crippen LogP contribution in [0.4, 0.5) is 27.6 Å². The Labute approximate surface area is 192 Å². The van der Waals surface area contributed by atoms with Gasteiger partial charge >= 0.3 is 6.18 Å². The summed E-state index contributed by atoms with van der Waals surface area (Å²) in [4.78, 5) is 28.2. The summed E-state index contributed by atoms with van der Waals surface area (Å²) in [5.41, 5.74) is -0.912. The average Bonchev–Trinajstić information content (AvgIpc) is 2.96. The molecule has 1 fully saturated rings. The molecule has 0 spiro atoms. The van der Waals surface area contributed by atoms with Gasteiger partial charge < -0.3 is 10.2 Å². The lowest BCUT2D eigenvalue weighted by atomic mass is 10.1. The van der Waals surface area contributed by atoms with Gasteiger partial charge in [-0.15, -0.1) is 0 Å². The number of amides is 2. The average molecular weight is 490 g/mol. The minimum absolute atomic E-state index is 0.0572. The predicted molar refractivity (Wildman–Crippen MR) is 113 cm³/mol. The smallest absolute Gasteiger partial charge is 0.341 e. The van der Waals surface area contributed by atoms with Gasteiger partial charge in [0.15, 0.2) is 0 Å². The SMILES string of the molecule is O=C(CN1CCCN(C(=O)Cc2cc(C(F)(F)F)ccc2Cl)CC1)Nc1ccc(F)cc1F. The van der Waals surface area contributed by atoms with E-state index in [0.29, 0.717) is 32.1 Å². The molecule has 0 atom stereocenters. The van der Waals surface area contributed by atoms with Gasteiger partial charge in [0.2, 0.25) is 11.8 Å². The van der Waals surface area contributed by atoms with Crippen molar-refractivity contribution in [2.75, 3.05) is 38.0 Å². The van der Waals surface area contributed by atoms with E-state index >= 15 is 0 Å². The third-order valence-corrected chi connectivity index (χ3v) is 5.60. The quantitative estimate of drug-likeness (QED) is 0.635. The molecule has 0 aliphatic carbocycles. The van der Waals surface area contributed by atoms with Gasteiger partial charge in [0, 0.05) is 37.3 Å². The normalized spacial score (nSPS) is 15.3. The molecule has 0 aromatic heterocycles. The van der Waals surface area contributed by atoms with E-state index in [-0.39, 0.29) is 41.7 Å². The first kappa shape index (κ1) is 24.9. The molecule has 11 heteroatoms. The van der Waals surface area contributed by atoms with Gasteiger partial charge in [0.25, 0.3) is 0 Å². The molecule has 3 rings (SSSR count). The molecular formula is C22H21ClF5N3O2. The summed E-state index contributed by atoms with van der Waals surface area (Å²) in [7, 11) is 0. The van der Waals surface area contributed by atoms with E-state index < -0.39 is 29.3 Å². The zero-order valence-electron chi connectivity index (χ0n) is 17.4. The first-order valence-electron chi connectivity index (χ1n) is 10.1. The van der Waals surface area contributed by atoms with E-state index in [1.165, 1.54) is 4.90 Å². The van der Waals surface area contributed by atoms with Crippen molar-refractivity contribution in [2.45, 2.75) is 19.0 Å². The van der Waals surface area contributed by atoms with Crippen LogP contribution in [0.3, 0.4) is 0 Å². The van der Waals surface area contributed by atoms with Crippen molar-refractivity contribution in [2.24, 2.45) is 0 Å². The van der Waals surface area contributed by atoms with E-state index in [0.717, 1.165) is 30.3 Å². The summed E-state index contributed by atoms with van der Waals surface area (Å²) in [6.07, 6.45) is -4.27. The second-order valence-electron chi connectivity index (χ2n) is 7.66. The fourth-order valence-electron chi connectivity index (χ4n) is 3.52. The Morgan fingerprint density at radius 3 is 2.45 bits per heavy atom. The number of anilines is 1. The highest BCUT2D eigenvalue weighted by Crippen LogP contribution is 2.32. The highest BCUT2D eigenvalue weighted by Gasteiger charge is 2.31. The highest BCUT2D eigenvalue weighted by molar-refractivity contribution is 6.31. The summed E-state index contributed by atoms with van der Waals surface area (Å²) in [5, 5.41) is 2.47. The second kappa shape index (κ2) is 10.5. The van der Waals surface area contributed by atoms with Crippen molar-refractivity contribution in [1.82, 2.24) is 9.80 Å². The summed E-state index contributed by atoms with van der Waals surface area (Å²) < 4.78 is 65.6. The number of nitrogens with one attached hydrogen (secondary N) is 1. The Kier molecular flexibility index (Phi) is 7.91. The van der Waals surface area contributed by atoms with Crippen LogP contribution < -0.4 is 5.32 Å². The molecule has 5 nitrogen and oxygen atoms in total. The zero-order valence-corrected chi connectivity index (χ0v) is 18.1. The zero-order chi connectivity index (χ0) is 24.2. The number of halogens is 6. The minimum atomic E-state index is -4.54. The molecule has 0 unspecified atom stereocenters. The molecule has 0 saturated carbocycles. The molecule has 1 heterocycles. The van der Waals surface area contributed by atoms with Crippen LogP contribution in [-0.4, -0.2) is 54.3 Å². The fourth-order valence-corrected chi connectivity index (χ4v) is 3.71. The maximum absolute atomic E-state index is 13.7. The maximum atomic E-state index is 13.7. The van der Waals surface area contributed by atoms with Gasteiger partial charge in [-0.25, -0.2) is 8.78 Å². The predicted octanol–water partition coefficient (Wildman–Crippen LogP) is 4.35. The minimum Gasteiger partial charge on any atom is -0.341 e. The van der Waals surface area contributed by atoms with Crippen LogP contribution >= 0.6 is 11.6 Å². The molecule has 1 saturated heterocycles. The number of hydrogen-bond donors (Lipinski definition) is 1. The molecule has 33 heavy (non-hydrogen) atoms. The van der Waals surface area contributed by atoms with Crippen LogP contribution in [0.15, 0.2) is 36.4 Å². The highest BCUT2D eigenvalue weighted by atomic mass is 35.5. The van der Waals surface area contributed by atoms with Gasteiger partial charge in [-0.05, 0) is 42.3 Å². The van der Waals surface area contributed by atoms with E-state index in [2.05, 4.69) is 5.32 Å². The largest absolute Gasteiger partial charge is 0.416 e. The summed E-state index contributed by atoms with van der Waals surface area (Å²) in [6.45, 7) is 1.43. The summed E-state index contributed by atoms with van der Waals surface area (Å²) >= 11 is 5.99. The van der Waals surface area contributed by atoms with Crippen molar-refractivity contribution in [3.05, 3.63) is 64.2 Å². The molecule has 0 bridgehead atoms. The maximum Gasteiger partial charge on any atom is 0.416 e. The number of alkyl halides is 3. The van der Waals surface area contributed by atoms with Gasteiger partial charge in [-0.1, -0.05) is 11.6 Å². The Morgan fingerprint density at radius 2 is 1.76 bits per heavy atom. The lowest BCUT2D eigenvalue weighted by molar-refractivity contribution is -0.138. The summed E-state index contributed by atoms with van der Waals surface area (Å²) in [6, 6.07) is 5.70. The third kappa shape index (κ3) is 6.88. The fraction of sp³-hybridized carbons (Fsp3) is 0.364. The molecule has 2 amide bonds. The Balaban J connectivity index is 1.55. The monoisotopic (exact) mass is 489 g/mol. The first-order valence-corrected chi connectivity index (χ1v) is 10.5. The Hall–Kier alpha value is -2.72. The van der Waals surface area contributed by atoms with Crippen molar-refractivity contribution in [1.29, 1.82) is 0 Å². The lowest BCUT2D eigenvalue weighted by Gasteiger charge is -2.22. The number of hydrogen-bond acceptors (Lipinski definition) is 3. The van der Waals surface area contributed by atoms with Gasteiger partial charge in [0.05, 0.1) is 24.2 Å². The van der Waals surface area contributed by atoms with Crippen LogP contribution in [0, 0.1) is 11.6 Å². The van der Waals surface area contributed by atoms with E-state index in [9.17, 15) is 31.5 Å². The van der Waals surface area contributed by atoms with Gasteiger partial charge in [-0.2, -0.15) is 13.2 Å². The first-order chi connectivity index (χ1) is 15.5. The van der Waals surface area contributed by atoms with Crippen molar-refractivity contribution in [3.8, 4) is 0 Å². The number of carbonyl (C=O) groups excluding carboxylic acids is 2. The molecular weight excluding hydrogens is 469 g/mol. The van der Waals surface area contributed by atoms with Crippen molar-refractivity contribution in [3.63, 3.8) is 0 Å². The molecule has 0 radical (unpaired) electrons. The Morgan fingerprint density at radius 1 is 1.00 bits per heavy atom. The number of rotatable bonds is 5. The Bertz CT molecular complexity index is 1030. The second-order valence-corrected chi connectivity index (χ2v) is 8.07. The third-order valence-electron chi connectivity index (χ3n) is 5.23. The lowest BCUT2D eigenvalue weighted by Crippen LogP contribution is -2.38. The van der Waals surface area contributed by atoms with Crippen LogP contribution in [0.2, 0.25) is 5.02 Å². The van der Waals surface area contributed by atoms with E-state index in [1.807, 2.05) is 0 Å². The molecule has 1 aliphatic heterocycles. The summed E-state index contributed by atoms with van der Waals surface area (Å²) in [5.74, 6) is -2.50. The topological polar surface area (TPSA) is 52.7 Å². The van der Waals surface area contributed by atoms with Crippen LogP contribution in [-0.2, 0) is 22.2 Å². The number of benzene rings is 2. The van der Waals surface area contributed by atoms with Crippen LogP contribution in [0.5, 0.6) is 0 Å². The van der Waals surface area contributed by atoms with Crippen LogP contribution in [0.1, 0.15) is 17.5 Å². The van der Waals surface area contributed by atoms with Crippen molar-refractivity contribution < 1.29 is 31.5 Å². The molecule has 1 aliphatic rings. The number of carbonyl (C=O) groups is 2. The van der Waals surface area contributed by atoms with E-state index in [4.69, 9.17) is 11.6 Å². The standard InChI is InChI=1S/C22H21ClF5N3O2/c23-17-4-2-15(22(26,27)28)10-14(17)11-21(33)31-7-1-6-30(8-9-31)13-20(32)29-19-5-3-16(24)12-18(19)25/h2-5,10,12H,1,6-9,11,13H2,(H,29,32). The molecule has 1 N–H and O–H groups in total.